The van der Waals surface area contributed by atoms with Gasteiger partial charge in [0.05, 0.1) is 6.61 Å². The molecule has 34 heavy (non-hydrogen) atoms. The summed E-state index contributed by atoms with van der Waals surface area (Å²) in [4.78, 5) is 17.7. The smallest absolute Gasteiger partial charge is 0.291 e. The van der Waals surface area contributed by atoms with E-state index in [2.05, 4.69) is 17.0 Å². The zero-order valence-corrected chi connectivity index (χ0v) is 19.1. The molecule has 0 aliphatic carbocycles. The summed E-state index contributed by atoms with van der Waals surface area (Å²) in [7, 11) is 0. The molecule has 2 aromatic carbocycles. The number of thiazole rings is 1. The first-order chi connectivity index (χ1) is 16.6. The molecule has 0 unspecified atom stereocenters. The average molecular weight is 474 g/mol. The normalized spacial score (nSPS) is 12.2. The lowest BCUT2D eigenvalue weighted by molar-refractivity contribution is 0.317. The van der Waals surface area contributed by atoms with Crippen LogP contribution < -0.4 is 14.8 Å². The van der Waals surface area contributed by atoms with Crippen molar-refractivity contribution in [3.63, 3.8) is 0 Å². The molecular weight excluding hydrogens is 453 g/mol. The monoisotopic (exact) mass is 473 g/mol. The van der Waals surface area contributed by atoms with Crippen LogP contribution in [0.25, 0.3) is 34.5 Å². The lowest BCUT2D eigenvalue weighted by Gasteiger charge is -2.03. The number of nitrogens with zero attached hydrogens (tertiary/aromatic N) is 3. The minimum absolute atomic E-state index is 0.260. The first-order valence-corrected chi connectivity index (χ1v) is 11.6. The van der Waals surface area contributed by atoms with Crippen molar-refractivity contribution in [3.05, 3.63) is 98.5 Å². The van der Waals surface area contributed by atoms with Gasteiger partial charge in [-0.25, -0.2) is 4.39 Å². The van der Waals surface area contributed by atoms with Crippen LogP contribution in [-0.2, 0) is 0 Å². The number of fused-ring (bicyclic) bond motifs is 1. The predicted octanol–water partition coefficient (Wildman–Crippen LogP) is 5.06. The maximum atomic E-state index is 13.1. The van der Waals surface area contributed by atoms with E-state index >= 15 is 0 Å². The molecular formula is C26H20FN3O3S. The van der Waals surface area contributed by atoms with Gasteiger partial charge >= 0.3 is 0 Å². The van der Waals surface area contributed by atoms with Gasteiger partial charge in [0.1, 0.15) is 27.6 Å². The Hall–Kier alpha value is -4.04. The van der Waals surface area contributed by atoms with E-state index in [-0.39, 0.29) is 11.4 Å². The number of hydrogen-bond donors (Lipinski definition) is 0. The molecule has 170 valence electrons. The number of furan rings is 1. The second-order valence-corrected chi connectivity index (χ2v) is 8.55. The Morgan fingerprint density at radius 2 is 1.85 bits per heavy atom. The van der Waals surface area contributed by atoms with Crippen LogP contribution in [0.15, 0.2) is 69.9 Å². The first-order valence-electron chi connectivity index (χ1n) is 10.8. The Morgan fingerprint density at radius 1 is 1.06 bits per heavy atom. The minimum atomic E-state index is -0.309. The predicted molar refractivity (Wildman–Crippen MR) is 131 cm³/mol. The van der Waals surface area contributed by atoms with Gasteiger partial charge in [-0.1, -0.05) is 36.5 Å². The molecule has 3 heterocycles. The van der Waals surface area contributed by atoms with E-state index in [0.717, 1.165) is 23.3 Å². The lowest BCUT2D eigenvalue weighted by atomic mass is 10.2. The molecule has 8 heteroatoms. The number of aromatic nitrogens is 3. The lowest BCUT2D eigenvalue weighted by Crippen LogP contribution is -2.23. The molecule has 0 saturated heterocycles. The Bertz CT molecular complexity index is 1560. The Balaban J connectivity index is 1.35. The standard InChI is InChI=1S/C26H20FN3O3S/c1-2-15-32-20-10-3-17(4-11-20)5-14-24-28-26-30(29-24)25(31)23(34-26)16-21-12-13-22(33-21)18-6-8-19(27)9-7-18/h3-14,16H,2,15H2,1H3/b14-5+,23-16-. The van der Waals surface area contributed by atoms with Gasteiger partial charge in [0.25, 0.3) is 5.56 Å². The summed E-state index contributed by atoms with van der Waals surface area (Å²) in [5.74, 6) is 2.10. The summed E-state index contributed by atoms with van der Waals surface area (Å²) in [5.41, 5.74) is 1.48. The fraction of sp³-hybridized carbons (Fsp3) is 0.115. The molecule has 3 aromatic heterocycles. The quantitative estimate of drug-likeness (QED) is 0.331. The highest BCUT2D eigenvalue weighted by atomic mass is 32.1. The largest absolute Gasteiger partial charge is 0.494 e. The highest BCUT2D eigenvalue weighted by Crippen LogP contribution is 2.22. The van der Waals surface area contributed by atoms with Gasteiger partial charge < -0.3 is 9.15 Å². The van der Waals surface area contributed by atoms with Gasteiger partial charge in [-0.3, -0.25) is 4.79 Å². The topological polar surface area (TPSA) is 69.6 Å². The number of ether oxygens (including phenoxy) is 1. The van der Waals surface area contributed by atoms with Crippen LogP contribution in [0.2, 0.25) is 0 Å². The second-order valence-electron chi connectivity index (χ2n) is 7.54. The number of benzene rings is 2. The van der Waals surface area contributed by atoms with Crippen molar-refractivity contribution in [1.29, 1.82) is 0 Å². The molecule has 0 radical (unpaired) electrons. The molecule has 0 spiro atoms. The summed E-state index contributed by atoms with van der Waals surface area (Å²) in [6, 6.07) is 17.3. The number of hydrogen-bond acceptors (Lipinski definition) is 6. The van der Waals surface area contributed by atoms with Gasteiger partial charge in [0, 0.05) is 11.6 Å². The molecule has 0 N–H and O–H groups in total. The Labute approximate surface area is 198 Å². The zero-order chi connectivity index (χ0) is 23.5. The second kappa shape index (κ2) is 9.44. The first kappa shape index (κ1) is 21.8. The highest BCUT2D eigenvalue weighted by Gasteiger charge is 2.10. The summed E-state index contributed by atoms with van der Waals surface area (Å²) in [6.45, 7) is 2.76. The van der Waals surface area contributed by atoms with Crippen molar-refractivity contribution in [3.8, 4) is 17.1 Å². The van der Waals surface area contributed by atoms with Gasteiger partial charge in [-0.15, -0.1) is 5.10 Å². The summed E-state index contributed by atoms with van der Waals surface area (Å²) in [5, 5.41) is 4.31. The third-order valence-corrected chi connectivity index (χ3v) is 5.96. The van der Waals surface area contributed by atoms with Crippen molar-refractivity contribution >= 4 is 34.5 Å². The van der Waals surface area contributed by atoms with Gasteiger partial charge in [-0.2, -0.15) is 9.50 Å². The van der Waals surface area contributed by atoms with Crippen LogP contribution in [0.1, 0.15) is 30.5 Å². The Morgan fingerprint density at radius 3 is 2.59 bits per heavy atom. The molecule has 5 rings (SSSR count). The van der Waals surface area contributed by atoms with Crippen LogP contribution >= 0.6 is 11.3 Å². The van der Waals surface area contributed by atoms with E-state index in [1.807, 2.05) is 30.3 Å². The number of rotatable bonds is 7. The van der Waals surface area contributed by atoms with Crippen LogP contribution in [0.3, 0.4) is 0 Å². The Kier molecular flexibility index (Phi) is 6.05. The van der Waals surface area contributed by atoms with Crippen molar-refractivity contribution in [2.75, 3.05) is 6.61 Å². The summed E-state index contributed by atoms with van der Waals surface area (Å²) >= 11 is 1.24. The maximum Gasteiger partial charge on any atom is 0.291 e. The van der Waals surface area contributed by atoms with Crippen molar-refractivity contribution in [2.24, 2.45) is 0 Å². The van der Waals surface area contributed by atoms with Crippen molar-refractivity contribution < 1.29 is 13.5 Å². The van der Waals surface area contributed by atoms with Crippen molar-refractivity contribution in [1.82, 2.24) is 14.6 Å². The van der Waals surface area contributed by atoms with Crippen LogP contribution in [0, 0.1) is 5.82 Å². The van der Waals surface area contributed by atoms with E-state index in [1.165, 1.54) is 28.0 Å². The summed E-state index contributed by atoms with van der Waals surface area (Å²) < 4.78 is 26.3. The summed E-state index contributed by atoms with van der Waals surface area (Å²) in [6.07, 6.45) is 6.28. The van der Waals surface area contributed by atoms with Crippen molar-refractivity contribution in [2.45, 2.75) is 13.3 Å². The molecule has 0 atom stereocenters. The van der Waals surface area contributed by atoms with Gasteiger partial charge in [0.15, 0.2) is 5.82 Å². The zero-order valence-electron chi connectivity index (χ0n) is 18.3. The van der Waals surface area contributed by atoms with E-state index in [0.29, 0.717) is 33.4 Å². The van der Waals surface area contributed by atoms with E-state index in [9.17, 15) is 9.18 Å². The fourth-order valence-corrected chi connectivity index (χ4v) is 4.21. The SMILES string of the molecule is CCCOc1ccc(/C=C/c2nc3s/c(=C\c4ccc(-c5ccc(F)cc5)o4)c(=O)n3n2)cc1. The van der Waals surface area contributed by atoms with Crippen LogP contribution in [-0.4, -0.2) is 21.2 Å². The fourth-order valence-electron chi connectivity index (χ4n) is 3.31. The minimum Gasteiger partial charge on any atom is -0.494 e. The van der Waals surface area contributed by atoms with E-state index in [4.69, 9.17) is 9.15 Å². The molecule has 0 aliphatic rings. The van der Waals surface area contributed by atoms with E-state index in [1.54, 1.807) is 36.4 Å². The molecule has 6 nitrogen and oxygen atoms in total. The van der Waals surface area contributed by atoms with Crippen LogP contribution in [0.5, 0.6) is 5.75 Å². The third kappa shape index (κ3) is 4.67. The molecule has 0 aliphatic heterocycles. The molecule has 0 bridgehead atoms. The molecule has 0 fully saturated rings. The molecule has 5 aromatic rings. The van der Waals surface area contributed by atoms with Crippen LogP contribution in [0.4, 0.5) is 4.39 Å². The third-order valence-electron chi connectivity index (χ3n) is 5.00. The van der Waals surface area contributed by atoms with E-state index < -0.39 is 0 Å². The average Bonchev–Trinajstić information content (AvgIpc) is 3.55. The maximum absolute atomic E-state index is 13.1. The molecule has 0 saturated carbocycles. The molecule has 0 amide bonds. The highest BCUT2D eigenvalue weighted by molar-refractivity contribution is 7.15. The van der Waals surface area contributed by atoms with Gasteiger partial charge in [0.2, 0.25) is 4.96 Å². The number of halogens is 1. The van der Waals surface area contributed by atoms with Gasteiger partial charge in [-0.05, 0) is 66.6 Å².